The van der Waals surface area contributed by atoms with Gasteiger partial charge in [0, 0.05) is 11.0 Å². The van der Waals surface area contributed by atoms with Crippen molar-refractivity contribution in [3.8, 4) is 6.07 Å². The topological polar surface area (TPSA) is 35.8 Å². The summed E-state index contributed by atoms with van der Waals surface area (Å²) in [6.07, 6.45) is 0. The zero-order valence-electron chi connectivity index (χ0n) is 10.4. The fraction of sp³-hybridized carbons (Fsp3) is 0.133. The van der Waals surface area contributed by atoms with Gasteiger partial charge in [-0.15, -0.1) is 0 Å². The van der Waals surface area contributed by atoms with Crippen LogP contribution < -0.4 is 5.32 Å². The Morgan fingerprint density at radius 2 is 2.05 bits per heavy atom. The predicted molar refractivity (Wildman–Crippen MR) is 82.4 cm³/mol. The number of rotatable bonds is 3. The molecule has 0 saturated carbocycles. The summed E-state index contributed by atoms with van der Waals surface area (Å²) in [4.78, 5) is 0. The van der Waals surface area contributed by atoms with Crippen LogP contribution in [0.5, 0.6) is 0 Å². The van der Waals surface area contributed by atoms with E-state index in [1.165, 1.54) is 5.56 Å². The molecule has 0 fully saturated rings. The zero-order chi connectivity index (χ0) is 13.8. The molecule has 0 aromatic heterocycles. The van der Waals surface area contributed by atoms with Gasteiger partial charge in [-0.1, -0.05) is 39.7 Å². The van der Waals surface area contributed by atoms with Crippen molar-refractivity contribution in [1.82, 2.24) is 0 Å². The van der Waals surface area contributed by atoms with Crippen LogP contribution in [-0.2, 0) is 6.54 Å². The van der Waals surface area contributed by atoms with Crippen LogP contribution in [0.15, 0.2) is 40.9 Å². The van der Waals surface area contributed by atoms with Gasteiger partial charge in [-0.3, -0.25) is 0 Å². The molecule has 0 aliphatic heterocycles. The minimum Gasteiger partial charge on any atom is -0.380 e. The molecule has 0 unspecified atom stereocenters. The Bertz CT molecular complexity index is 647. The van der Waals surface area contributed by atoms with Gasteiger partial charge in [0.1, 0.15) is 0 Å². The lowest BCUT2D eigenvalue weighted by atomic mass is 10.1. The van der Waals surface area contributed by atoms with Gasteiger partial charge in [0.15, 0.2) is 0 Å². The maximum absolute atomic E-state index is 8.78. The fourth-order valence-corrected chi connectivity index (χ4v) is 2.35. The number of halogens is 2. The molecule has 0 saturated heterocycles. The number of aryl methyl sites for hydroxylation is 1. The maximum atomic E-state index is 8.78. The van der Waals surface area contributed by atoms with E-state index in [0.717, 1.165) is 15.7 Å². The largest absolute Gasteiger partial charge is 0.380 e. The number of nitrogens with one attached hydrogen (secondary N) is 1. The molecule has 0 heterocycles. The van der Waals surface area contributed by atoms with Crippen molar-refractivity contribution < 1.29 is 0 Å². The first kappa shape index (κ1) is 13.9. The summed E-state index contributed by atoms with van der Waals surface area (Å²) in [5, 5.41) is 12.6. The molecular weight excluding hydrogens is 324 g/mol. The summed E-state index contributed by atoms with van der Waals surface area (Å²) in [6.45, 7) is 2.74. The lowest BCUT2D eigenvalue weighted by Crippen LogP contribution is -2.00. The molecule has 2 aromatic rings. The molecule has 0 aliphatic rings. The van der Waals surface area contributed by atoms with E-state index >= 15 is 0 Å². The van der Waals surface area contributed by atoms with Crippen LogP contribution in [0.3, 0.4) is 0 Å². The normalized spacial score (nSPS) is 10.0. The second-order valence-corrected chi connectivity index (χ2v) is 5.51. The first-order valence-electron chi connectivity index (χ1n) is 5.78. The molecule has 2 rings (SSSR count). The maximum Gasteiger partial charge on any atom is 0.0992 e. The van der Waals surface area contributed by atoms with Crippen molar-refractivity contribution in [2.24, 2.45) is 0 Å². The molecular formula is C15H12BrClN2. The van der Waals surface area contributed by atoms with E-state index in [2.05, 4.69) is 52.4 Å². The van der Waals surface area contributed by atoms with Crippen LogP contribution in [0.4, 0.5) is 5.69 Å². The average Bonchev–Trinajstić information content (AvgIpc) is 2.41. The number of anilines is 1. The molecule has 0 aliphatic carbocycles. The molecule has 0 bridgehead atoms. The Labute approximate surface area is 126 Å². The van der Waals surface area contributed by atoms with Crippen LogP contribution >= 0.6 is 27.5 Å². The number of nitrogens with zero attached hydrogens (tertiary/aromatic N) is 1. The van der Waals surface area contributed by atoms with E-state index in [1.807, 2.05) is 6.07 Å². The monoisotopic (exact) mass is 334 g/mol. The van der Waals surface area contributed by atoms with Crippen molar-refractivity contribution in [2.75, 3.05) is 5.32 Å². The van der Waals surface area contributed by atoms with Gasteiger partial charge in [0.25, 0.3) is 0 Å². The standard InChI is InChI=1S/C15H12BrClN2/c1-10-2-3-12(6-13(10)16)9-19-15-5-4-11(8-18)7-14(15)17/h2-7,19H,9H2,1H3. The van der Waals surface area contributed by atoms with E-state index in [1.54, 1.807) is 12.1 Å². The predicted octanol–water partition coefficient (Wildman–Crippen LogP) is 4.89. The second-order valence-electron chi connectivity index (χ2n) is 4.24. The minimum atomic E-state index is 0.560. The van der Waals surface area contributed by atoms with E-state index < -0.39 is 0 Å². The highest BCUT2D eigenvalue weighted by Crippen LogP contribution is 2.24. The van der Waals surface area contributed by atoms with Gasteiger partial charge in [-0.2, -0.15) is 5.26 Å². The van der Waals surface area contributed by atoms with Gasteiger partial charge in [-0.25, -0.2) is 0 Å². The van der Waals surface area contributed by atoms with E-state index in [0.29, 0.717) is 17.1 Å². The van der Waals surface area contributed by atoms with E-state index in [4.69, 9.17) is 16.9 Å². The highest BCUT2D eigenvalue weighted by Gasteiger charge is 2.02. The lowest BCUT2D eigenvalue weighted by molar-refractivity contribution is 1.14. The first-order chi connectivity index (χ1) is 9.10. The molecule has 2 nitrogen and oxygen atoms in total. The number of hydrogen-bond acceptors (Lipinski definition) is 2. The van der Waals surface area contributed by atoms with Crippen LogP contribution in [-0.4, -0.2) is 0 Å². The quantitative estimate of drug-likeness (QED) is 0.866. The smallest absolute Gasteiger partial charge is 0.0992 e. The summed E-state index contributed by atoms with van der Waals surface area (Å²) in [6, 6.07) is 13.5. The van der Waals surface area contributed by atoms with E-state index in [9.17, 15) is 0 Å². The number of hydrogen-bond donors (Lipinski definition) is 1. The molecule has 4 heteroatoms. The summed E-state index contributed by atoms with van der Waals surface area (Å²) < 4.78 is 1.10. The van der Waals surface area contributed by atoms with Crippen molar-refractivity contribution >= 4 is 33.2 Å². The van der Waals surface area contributed by atoms with Crippen molar-refractivity contribution in [3.63, 3.8) is 0 Å². The molecule has 2 aromatic carbocycles. The summed E-state index contributed by atoms with van der Waals surface area (Å²) in [5.41, 5.74) is 3.77. The van der Waals surface area contributed by atoms with Crippen LogP contribution in [0, 0.1) is 18.3 Å². The van der Waals surface area contributed by atoms with Crippen LogP contribution in [0.2, 0.25) is 5.02 Å². The minimum absolute atomic E-state index is 0.560. The van der Waals surface area contributed by atoms with Gasteiger partial charge in [0.05, 0.1) is 22.3 Å². The zero-order valence-corrected chi connectivity index (χ0v) is 12.7. The Hall–Kier alpha value is -1.50. The van der Waals surface area contributed by atoms with Gasteiger partial charge >= 0.3 is 0 Å². The lowest BCUT2D eigenvalue weighted by Gasteiger charge is -2.09. The third kappa shape index (κ3) is 3.50. The first-order valence-corrected chi connectivity index (χ1v) is 6.96. The summed E-state index contributed by atoms with van der Waals surface area (Å²) >= 11 is 9.62. The molecule has 19 heavy (non-hydrogen) atoms. The van der Waals surface area contributed by atoms with Gasteiger partial charge in [0.2, 0.25) is 0 Å². The van der Waals surface area contributed by atoms with E-state index in [-0.39, 0.29) is 0 Å². The summed E-state index contributed by atoms with van der Waals surface area (Å²) in [5.74, 6) is 0. The Morgan fingerprint density at radius 1 is 1.26 bits per heavy atom. The third-order valence-corrected chi connectivity index (χ3v) is 3.98. The molecule has 0 atom stereocenters. The van der Waals surface area contributed by atoms with Crippen molar-refractivity contribution in [2.45, 2.75) is 13.5 Å². The van der Waals surface area contributed by atoms with Crippen LogP contribution in [0.25, 0.3) is 0 Å². The molecule has 0 amide bonds. The Morgan fingerprint density at radius 3 is 2.68 bits per heavy atom. The molecule has 0 radical (unpaired) electrons. The average molecular weight is 336 g/mol. The molecule has 1 N–H and O–H groups in total. The van der Waals surface area contributed by atoms with Gasteiger partial charge in [-0.05, 0) is 42.3 Å². The van der Waals surface area contributed by atoms with Crippen molar-refractivity contribution in [3.05, 3.63) is 62.6 Å². The molecule has 96 valence electrons. The highest BCUT2D eigenvalue weighted by molar-refractivity contribution is 9.10. The SMILES string of the molecule is Cc1ccc(CNc2ccc(C#N)cc2Cl)cc1Br. The molecule has 0 spiro atoms. The number of nitriles is 1. The summed E-state index contributed by atoms with van der Waals surface area (Å²) in [7, 11) is 0. The number of benzene rings is 2. The van der Waals surface area contributed by atoms with Crippen LogP contribution in [0.1, 0.15) is 16.7 Å². The Kier molecular flexibility index (Phi) is 4.47. The second kappa shape index (κ2) is 6.10. The van der Waals surface area contributed by atoms with Gasteiger partial charge < -0.3 is 5.32 Å². The highest BCUT2D eigenvalue weighted by atomic mass is 79.9. The Balaban J connectivity index is 2.10. The fourth-order valence-electron chi connectivity index (χ4n) is 1.67. The third-order valence-electron chi connectivity index (χ3n) is 2.82. The van der Waals surface area contributed by atoms with Crippen molar-refractivity contribution in [1.29, 1.82) is 5.26 Å².